The highest BCUT2D eigenvalue weighted by molar-refractivity contribution is 7.90. The van der Waals surface area contributed by atoms with Crippen molar-refractivity contribution in [1.82, 2.24) is 0 Å². The van der Waals surface area contributed by atoms with E-state index in [1.807, 2.05) is 0 Å². The molecule has 15 heavy (non-hydrogen) atoms. The molecule has 0 spiro atoms. The Labute approximate surface area is 93.2 Å². The molecule has 6 heteroatoms. The number of hydrogen-bond acceptors (Lipinski definition) is 3. The lowest BCUT2D eigenvalue weighted by molar-refractivity contribution is 0.602. The van der Waals surface area contributed by atoms with Gasteiger partial charge in [-0.25, -0.2) is 12.8 Å². The van der Waals surface area contributed by atoms with E-state index >= 15 is 0 Å². The fourth-order valence-electron chi connectivity index (χ4n) is 1.00. The first kappa shape index (κ1) is 12.3. The predicted molar refractivity (Wildman–Crippen MR) is 59.6 cm³/mol. The molecule has 1 aromatic carbocycles. The van der Waals surface area contributed by atoms with Crippen LogP contribution in [0.2, 0.25) is 5.02 Å². The summed E-state index contributed by atoms with van der Waals surface area (Å²) in [6, 6.07) is 3.88. The number of halogens is 2. The van der Waals surface area contributed by atoms with Gasteiger partial charge in [0.05, 0.1) is 16.5 Å². The molecule has 0 atom stereocenters. The van der Waals surface area contributed by atoms with E-state index in [0.29, 0.717) is 10.7 Å². The molecule has 0 aromatic heterocycles. The van der Waals surface area contributed by atoms with E-state index in [0.717, 1.165) is 6.26 Å². The largest absolute Gasteiger partial charge is 0.383 e. The van der Waals surface area contributed by atoms with Crippen molar-refractivity contribution in [3.05, 3.63) is 29.0 Å². The summed E-state index contributed by atoms with van der Waals surface area (Å²) in [5.74, 6) is -0.430. The minimum absolute atomic E-state index is 0.0140. The minimum Gasteiger partial charge on any atom is -0.383 e. The van der Waals surface area contributed by atoms with Gasteiger partial charge in [-0.05, 0) is 18.2 Å². The third-order valence-electron chi connectivity index (χ3n) is 1.72. The maximum Gasteiger partial charge on any atom is 0.149 e. The average molecular weight is 252 g/mol. The molecule has 3 nitrogen and oxygen atoms in total. The number of nitrogens with one attached hydrogen (secondary N) is 1. The summed E-state index contributed by atoms with van der Waals surface area (Å²) in [5.41, 5.74) is 0.403. The first-order valence-electron chi connectivity index (χ1n) is 4.25. The zero-order valence-electron chi connectivity index (χ0n) is 8.13. The van der Waals surface area contributed by atoms with Gasteiger partial charge in [0.1, 0.15) is 15.7 Å². The molecule has 0 unspecified atom stereocenters. The molecule has 0 bridgehead atoms. The van der Waals surface area contributed by atoms with Gasteiger partial charge in [0.25, 0.3) is 0 Å². The van der Waals surface area contributed by atoms with Gasteiger partial charge in [0.2, 0.25) is 0 Å². The third-order valence-corrected chi connectivity index (χ3v) is 2.99. The molecule has 1 rings (SSSR count). The Morgan fingerprint density at radius 1 is 1.47 bits per heavy atom. The SMILES string of the molecule is CS(=O)(=O)CCNc1cc(F)ccc1Cl. The summed E-state index contributed by atoms with van der Waals surface area (Å²) in [7, 11) is -3.02. The van der Waals surface area contributed by atoms with Crippen molar-refractivity contribution < 1.29 is 12.8 Å². The zero-order chi connectivity index (χ0) is 11.5. The Morgan fingerprint density at radius 2 is 2.13 bits per heavy atom. The number of sulfone groups is 1. The minimum atomic E-state index is -3.02. The van der Waals surface area contributed by atoms with Crippen molar-refractivity contribution in [3.63, 3.8) is 0 Å². The quantitative estimate of drug-likeness (QED) is 0.890. The lowest BCUT2D eigenvalue weighted by Crippen LogP contribution is -2.14. The molecule has 1 N–H and O–H groups in total. The van der Waals surface area contributed by atoms with Gasteiger partial charge in [-0.15, -0.1) is 0 Å². The van der Waals surface area contributed by atoms with Crippen LogP contribution in [0, 0.1) is 5.82 Å². The monoisotopic (exact) mass is 251 g/mol. The summed E-state index contributed by atoms with van der Waals surface area (Å²) >= 11 is 5.77. The molecule has 0 saturated carbocycles. The Balaban J connectivity index is 2.61. The van der Waals surface area contributed by atoms with Gasteiger partial charge >= 0.3 is 0 Å². The van der Waals surface area contributed by atoms with Crippen LogP contribution in [-0.2, 0) is 9.84 Å². The van der Waals surface area contributed by atoms with Crippen LogP contribution in [0.15, 0.2) is 18.2 Å². The number of benzene rings is 1. The van der Waals surface area contributed by atoms with Gasteiger partial charge in [0.15, 0.2) is 0 Å². The molecule has 84 valence electrons. The Morgan fingerprint density at radius 3 is 2.73 bits per heavy atom. The third kappa shape index (κ3) is 4.48. The van der Waals surface area contributed by atoms with Crippen LogP contribution in [-0.4, -0.2) is 27.0 Å². The smallest absolute Gasteiger partial charge is 0.149 e. The highest BCUT2D eigenvalue weighted by atomic mass is 35.5. The maximum absolute atomic E-state index is 12.8. The normalized spacial score (nSPS) is 11.4. The van der Waals surface area contributed by atoms with E-state index in [1.165, 1.54) is 18.2 Å². The lowest BCUT2D eigenvalue weighted by atomic mass is 10.3. The summed E-state index contributed by atoms with van der Waals surface area (Å²) in [5, 5.41) is 3.12. The molecule has 0 radical (unpaired) electrons. The highest BCUT2D eigenvalue weighted by Crippen LogP contribution is 2.21. The van der Waals surface area contributed by atoms with E-state index in [4.69, 9.17) is 11.6 Å². The molecule has 0 amide bonds. The second-order valence-corrected chi connectivity index (χ2v) is 5.85. The second kappa shape index (κ2) is 4.81. The topological polar surface area (TPSA) is 46.2 Å². The Hall–Kier alpha value is -0.810. The standard InChI is InChI=1S/C9H11ClFNO2S/c1-15(13,14)5-4-12-9-6-7(11)2-3-8(9)10/h2-3,6,12H,4-5H2,1H3. The maximum atomic E-state index is 12.8. The molecule has 0 fully saturated rings. The predicted octanol–water partition coefficient (Wildman–Crippen LogP) is 1.94. The fourth-order valence-corrected chi connectivity index (χ4v) is 1.66. The first-order valence-corrected chi connectivity index (χ1v) is 6.69. The number of rotatable bonds is 4. The molecule has 0 aliphatic rings. The van der Waals surface area contributed by atoms with Crippen LogP contribution >= 0.6 is 11.6 Å². The molecular formula is C9H11ClFNO2S. The number of hydrogen-bond donors (Lipinski definition) is 1. The van der Waals surface area contributed by atoms with Crippen molar-refractivity contribution >= 4 is 27.1 Å². The highest BCUT2D eigenvalue weighted by Gasteiger charge is 2.04. The summed E-state index contributed by atoms with van der Waals surface area (Å²) in [6.07, 6.45) is 1.14. The molecule has 0 saturated heterocycles. The Bertz CT molecular complexity index is 447. The van der Waals surface area contributed by atoms with E-state index in [1.54, 1.807) is 0 Å². The van der Waals surface area contributed by atoms with E-state index in [2.05, 4.69) is 5.32 Å². The van der Waals surface area contributed by atoms with Crippen LogP contribution in [0.3, 0.4) is 0 Å². The van der Waals surface area contributed by atoms with E-state index in [9.17, 15) is 12.8 Å². The average Bonchev–Trinajstić information content (AvgIpc) is 2.09. The molecule has 1 aromatic rings. The van der Waals surface area contributed by atoms with Crippen LogP contribution in [0.5, 0.6) is 0 Å². The lowest BCUT2D eigenvalue weighted by Gasteiger charge is -2.07. The van der Waals surface area contributed by atoms with Gasteiger partial charge in [-0.1, -0.05) is 11.6 Å². The van der Waals surface area contributed by atoms with Crippen molar-refractivity contribution in [3.8, 4) is 0 Å². The summed E-state index contributed by atoms with van der Waals surface area (Å²) < 4.78 is 34.4. The van der Waals surface area contributed by atoms with Crippen LogP contribution < -0.4 is 5.32 Å². The first-order chi connectivity index (χ1) is 6.88. The van der Waals surface area contributed by atoms with Crippen molar-refractivity contribution in [2.75, 3.05) is 23.9 Å². The molecule has 0 aliphatic heterocycles. The van der Waals surface area contributed by atoms with Gasteiger partial charge in [-0.3, -0.25) is 0 Å². The van der Waals surface area contributed by atoms with Crippen LogP contribution in [0.4, 0.5) is 10.1 Å². The summed E-state index contributed by atoms with van der Waals surface area (Å²) in [4.78, 5) is 0. The van der Waals surface area contributed by atoms with E-state index in [-0.39, 0.29) is 12.3 Å². The van der Waals surface area contributed by atoms with Crippen molar-refractivity contribution in [2.45, 2.75) is 0 Å². The summed E-state index contributed by atoms with van der Waals surface area (Å²) in [6.45, 7) is 0.210. The molecule has 0 aliphatic carbocycles. The second-order valence-electron chi connectivity index (χ2n) is 3.18. The van der Waals surface area contributed by atoms with Gasteiger partial charge in [0, 0.05) is 12.8 Å². The fraction of sp³-hybridized carbons (Fsp3) is 0.333. The van der Waals surface area contributed by atoms with Crippen molar-refractivity contribution in [2.24, 2.45) is 0 Å². The van der Waals surface area contributed by atoms with Crippen LogP contribution in [0.25, 0.3) is 0 Å². The molecular weight excluding hydrogens is 241 g/mol. The van der Waals surface area contributed by atoms with Crippen LogP contribution in [0.1, 0.15) is 0 Å². The van der Waals surface area contributed by atoms with Crippen molar-refractivity contribution in [1.29, 1.82) is 0 Å². The van der Waals surface area contributed by atoms with Gasteiger partial charge < -0.3 is 5.32 Å². The molecule has 0 heterocycles. The van der Waals surface area contributed by atoms with Gasteiger partial charge in [-0.2, -0.15) is 0 Å². The number of anilines is 1. The van der Waals surface area contributed by atoms with E-state index < -0.39 is 15.7 Å². The Kier molecular flexibility index (Phi) is 3.93. The zero-order valence-corrected chi connectivity index (χ0v) is 9.70.